The molecule has 3 nitrogen and oxygen atoms in total. The Morgan fingerprint density at radius 3 is 2.94 bits per heavy atom. The number of benzene rings is 1. The van der Waals surface area contributed by atoms with Crippen LogP contribution in [0.3, 0.4) is 0 Å². The second-order valence-corrected chi connectivity index (χ2v) is 5.73. The minimum absolute atomic E-state index is 0.130. The lowest BCUT2D eigenvalue weighted by atomic mass is 9.98. The van der Waals surface area contributed by atoms with Crippen molar-refractivity contribution in [3.05, 3.63) is 28.2 Å². The Kier molecular flexibility index (Phi) is 4.27. The molecule has 1 saturated heterocycles. The van der Waals surface area contributed by atoms with Crippen molar-refractivity contribution >= 4 is 27.6 Å². The summed E-state index contributed by atoms with van der Waals surface area (Å²) < 4.78 is 1.08. The highest BCUT2D eigenvalue weighted by Crippen LogP contribution is 2.29. The maximum absolute atomic E-state index is 10.9. The zero-order valence-electron chi connectivity index (χ0n) is 10.5. The summed E-state index contributed by atoms with van der Waals surface area (Å²) in [5, 5.41) is 8.99. The van der Waals surface area contributed by atoms with Crippen molar-refractivity contribution in [2.75, 3.05) is 11.4 Å². The molecule has 2 rings (SSSR count). The van der Waals surface area contributed by atoms with Gasteiger partial charge in [-0.3, -0.25) is 4.79 Å². The van der Waals surface area contributed by atoms with Crippen LogP contribution < -0.4 is 4.90 Å². The average molecular weight is 312 g/mol. The Balaban J connectivity index is 2.22. The summed E-state index contributed by atoms with van der Waals surface area (Å²) in [6, 6.07) is 6.38. The maximum Gasteiger partial charge on any atom is 0.305 e. The first-order chi connectivity index (χ1) is 8.58. The number of hydrogen-bond acceptors (Lipinski definition) is 2. The molecule has 1 aliphatic heterocycles. The lowest BCUT2D eigenvalue weighted by Crippen LogP contribution is -2.40. The van der Waals surface area contributed by atoms with Crippen molar-refractivity contribution in [2.24, 2.45) is 0 Å². The summed E-state index contributed by atoms with van der Waals surface area (Å²) >= 11 is 3.54. The fourth-order valence-electron chi connectivity index (χ4n) is 2.51. The Morgan fingerprint density at radius 2 is 2.28 bits per heavy atom. The number of carbonyl (C=O) groups is 1. The van der Waals surface area contributed by atoms with Crippen LogP contribution >= 0.6 is 15.9 Å². The first-order valence-electron chi connectivity index (χ1n) is 6.32. The topological polar surface area (TPSA) is 40.5 Å². The number of aryl methyl sites for hydroxylation is 1. The molecule has 1 N–H and O–H groups in total. The van der Waals surface area contributed by atoms with Crippen LogP contribution in [0.15, 0.2) is 22.7 Å². The number of nitrogens with zero attached hydrogens (tertiary/aromatic N) is 1. The van der Waals surface area contributed by atoms with E-state index in [2.05, 4.69) is 46.0 Å². The highest BCUT2D eigenvalue weighted by Gasteiger charge is 2.24. The predicted octanol–water partition coefficient (Wildman–Crippen LogP) is 3.59. The quantitative estimate of drug-likeness (QED) is 0.927. The van der Waals surface area contributed by atoms with Gasteiger partial charge in [0.1, 0.15) is 0 Å². The summed E-state index contributed by atoms with van der Waals surface area (Å²) in [6.45, 7) is 3.01. The summed E-state index contributed by atoms with van der Waals surface area (Å²) in [7, 11) is 0. The summed E-state index contributed by atoms with van der Waals surface area (Å²) in [6.07, 6.45) is 3.46. The van der Waals surface area contributed by atoms with Crippen LogP contribution in [0.4, 0.5) is 5.69 Å². The van der Waals surface area contributed by atoms with E-state index < -0.39 is 5.97 Å². The predicted molar refractivity (Wildman–Crippen MR) is 76.1 cm³/mol. The first-order valence-corrected chi connectivity index (χ1v) is 7.12. The third-order valence-corrected chi connectivity index (χ3v) is 4.38. The number of carboxylic acid groups (broad SMARTS) is 1. The lowest BCUT2D eigenvalue weighted by Gasteiger charge is -2.37. The van der Waals surface area contributed by atoms with Gasteiger partial charge in [0, 0.05) is 22.7 Å². The van der Waals surface area contributed by atoms with E-state index in [1.54, 1.807) is 0 Å². The van der Waals surface area contributed by atoms with Gasteiger partial charge in [-0.25, -0.2) is 0 Å². The molecule has 4 heteroatoms. The van der Waals surface area contributed by atoms with E-state index in [-0.39, 0.29) is 12.5 Å². The van der Waals surface area contributed by atoms with Crippen molar-refractivity contribution in [1.29, 1.82) is 0 Å². The summed E-state index contributed by atoms with van der Waals surface area (Å²) in [4.78, 5) is 13.2. The molecular weight excluding hydrogens is 294 g/mol. The van der Waals surface area contributed by atoms with Gasteiger partial charge in [0.15, 0.2) is 0 Å². The van der Waals surface area contributed by atoms with E-state index in [0.29, 0.717) is 0 Å². The highest BCUT2D eigenvalue weighted by atomic mass is 79.9. The van der Waals surface area contributed by atoms with Crippen LogP contribution in [0.25, 0.3) is 0 Å². The molecule has 0 spiro atoms. The van der Waals surface area contributed by atoms with Gasteiger partial charge >= 0.3 is 5.97 Å². The molecular formula is C14H18BrNO2. The molecule has 98 valence electrons. The number of hydrogen-bond donors (Lipinski definition) is 1. The van der Waals surface area contributed by atoms with Crippen LogP contribution in [0.5, 0.6) is 0 Å². The molecule has 0 bridgehead atoms. The van der Waals surface area contributed by atoms with Crippen LogP contribution in [0.2, 0.25) is 0 Å². The number of aliphatic carboxylic acids is 1. The van der Waals surface area contributed by atoms with Crippen LogP contribution in [0.1, 0.15) is 31.2 Å². The van der Waals surface area contributed by atoms with Crippen molar-refractivity contribution < 1.29 is 9.90 Å². The molecule has 1 fully saturated rings. The van der Waals surface area contributed by atoms with E-state index >= 15 is 0 Å². The second kappa shape index (κ2) is 5.74. The molecule has 1 aromatic carbocycles. The highest BCUT2D eigenvalue weighted by molar-refractivity contribution is 9.10. The minimum atomic E-state index is -0.710. The molecule has 0 amide bonds. The molecule has 0 radical (unpaired) electrons. The van der Waals surface area contributed by atoms with Gasteiger partial charge in [-0.2, -0.15) is 0 Å². The Labute approximate surface area is 116 Å². The molecule has 0 aromatic heterocycles. The third kappa shape index (κ3) is 3.05. The normalized spacial score (nSPS) is 19.9. The Bertz CT molecular complexity index is 447. The van der Waals surface area contributed by atoms with Gasteiger partial charge in [0.2, 0.25) is 0 Å². The molecule has 1 unspecified atom stereocenters. The number of anilines is 1. The standard InChI is InChI=1S/C14H18BrNO2/c1-10-5-6-12(8-13(10)15)16-7-3-2-4-11(16)9-14(17)18/h5-6,8,11H,2-4,7,9H2,1H3,(H,17,18). The fourth-order valence-corrected chi connectivity index (χ4v) is 2.88. The molecule has 0 saturated carbocycles. The SMILES string of the molecule is Cc1ccc(N2CCCCC2CC(=O)O)cc1Br. The molecule has 1 aromatic rings. The Morgan fingerprint density at radius 1 is 1.50 bits per heavy atom. The maximum atomic E-state index is 10.9. The molecule has 0 aliphatic carbocycles. The first kappa shape index (κ1) is 13.4. The van der Waals surface area contributed by atoms with Crippen LogP contribution in [-0.2, 0) is 4.79 Å². The number of carboxylic acids is 1. The van der Waals surface area contributed by atoms with Crippen LogP contribution in [0, 0.1) is 6.92 Å². The number of rotatable bonds is 3. The zero-order chi connectivity index (χ0) is 13.1. The van der Waals surface area contributed by atoms with Gasteiger partial charge < -0.3 is 10.0 Å². The van der Waals surface area contributed by atoms with E-state index in [0.717, 1.165) is 36.0 Å². The van der Waals surface area contributed by atoms with Gasteiger partial charge in [0.25, 0.3) is 0 Å². The van der Waals surface area contributed by atoms with E-state index in [1.807, 2.05) is 0 Å². The average Bonchev–Trinajstić information content (AvgIpc) is 2.33. The summed E-state index contributed by atoms with van der Waals surface area (Å²) in [5.41, 5.74) is 2.32. The Hall–Kier alpha value is -1.03. The van der Waals surface area contributed by atoms with E-state index in [1.165, 1.54) is 5.56 Å². The number of halogens is 1. The second-order valence-electron chi connectivity index (χ2n) is 4.87. The smallest absolute Gasteiger partial charge is 0.305 e. The number of piperidine rings is 1. The van der Waals surface area contributed by atoms with E-state index in [4.69, 9.17) is 5.11 Å². The third-order valence-electron chi connectivity index (χ3n) is 3.52. The van der Waals surface area contributed by atoms with Gasteiger partial charge in [-0.1, -0.05) is 22.0 Å². The molecule has 1 aliphatic rings. The van der Waals surface area contributed by atoms with Crippen molar-refractivity contribution in [3.8, 4) is 0 Å². The van der Waals surface area contributed by atoms with Crippen molar-refractivity contribution in [1.82, 2.24) is 0 Å². The van der Waals surface area contributed by atoms with Crippen molar-refractivity contribution in [3.63, 3.8) is 0 Å². The summed E-state index contributed by atoms with van der Waals surface area (Å²) in [5.74, 6) is -0.710. The van der Waals surface area contributed by atoms with Crippen molar-refractivity contribution in [2.45, 2.75) is 38.6 Å². The van der Waals surface area contributed by atoms with Gasteiger partial charge in [0.05, 0.1) is 6.42 Å². The fraction of sp³-hybridized carbons (Fsp3) is 0.500. The molecule has 1 heterocycles. The van der Waals surface area contributed by atoms with Gasteiger partial charge in [-0.15, -0.1) is 0 Å². The van der Waals surface area contributed by atoms with Gasteiger partial charge in [-0.05, 0) is 43.9 Å². The molecule has 18 heavy (non-hydrogen) atoms. The van der Waals surface area contributed by atoms with E-state index in [9.17, 15) is 4.79 Å². The van der Waals surface area contributed by atoms with Crippen LogP contribution in [-0.4, -0.2) is 23.7 Å². The lowest BCUT2D eigenvalue weighted by molar-refractivity contribution is -0.137. The molecule has 1 atom stereocenters. The monoisotopic (exact) mass is 311 g/mol. The largest absolute Gasteiger partial charge is 0.481 e. The minimum Gasteiger partial charge on any atom is -0.481 e. The zero-order valence-corrected chi connectivity index (χ0v) is 12.1.